The van der Waals surface area contributed by atoms with E-state index in [1.807, 2.05) is 0 Å². The fourth-order valence-electron chi connectivity index (χ4n) is 2.56. The molecule has 0 saturated carbocycles. The standard InChI is InChI=1S/C18H17F17O2/c1-2-10(36)37-9-7-5-3-4-6-8-11(19,20)12(21,22)13(23,24)14(25,26)15(27,28)16(29,30)17(31,32)18(33,34)35/h2H,1,3-9H2. The number of carbonyl (C=O) groups excluding carboxylic acids is 1. The largest absolute Gasteiger partial charge is 0.463 e. The molecular formula is C18H17F17O2. The van der Waals surface area contributed by atoms with Crippen LogP contribution < -0.4 is 0 Å². The predicted molar refractivity (Wildman–Crippen MR) is 89.5 cm³/mol. The normalized spacial score (nSPS) is 15.1. The van der Waals surface area contributed by atoms with Gasteiger partial charge in [-0.05, 0) is 12.8 Å². The SMILES string of the molecule is C=CC(=O)OCCCCCCCC(F)(F)C(F)(F)C(F)(F)C(F)(F)C(F)(F)C(F)(F)C(F)(F)C(F)(F)F. The molecule has 19 heteroatoms. The Kier molecular flexibility index (Phi) is 10.4. The minimum absolute atomic E-state index is 0.0648. The highest BCUT2D eigenvalue weighted by molar-refractivity contribution is 5.81. The van der Waals surface area contributed by atoms with Gasteiger partial charge in [-0.3, -0.25) is 0 Å². The first kappa shape index (κ1) is 35.0. The Balaban J connectivity index is 5.67. The van der Waals surface area contributed by atoms with Crippen molar-refractivity contribution < 1.29 is 84.2 Å². The third-order valence-electron chi connectivity index (χ3n) is 4.83. The smallest absolute Gasteiger partial charge is 0.460 e. The van der Waals surface area contributed by atoms with Crippen LogP contribution in [-0.4, -0.2) is 60.2 Å². The summed E-state index contributed by atoms with van der Waals surface area (Å²) in [5, 5.41) is 0. The number of carbonyl (C=O) groups is 1. The number of alkyl halides is 17. The van der Waals surface area contributed by atoms with Gasteiger partial charge in [-0.1, -0.05) is 25.8 Å². The molecule has 0 radical (unpaired) electrons. The number of unbranched alkanes of at least 4 members (excludes halogenated alkanes) is 4. The van der Waals surface area contributed by atoms with Gasteiger partial charge in [0.2, 0.25) is 0 Å². The first-order chi connectivity index (χ1) is 16.2. The van der Waals surface area contributed by atoms with Crippen molar-refractivity contribution in [3.63, 3.8) is 0 Å². The van der Waals surface area contributed by atoms with Gasteiger partial charge in [0.05, 0.1) is 6.61 Å². The van der Waals surface area contributed by atoms with Crippen molar-refractivity contribution >= 4 is 5.97 Å². The summed E-state index contributed by atoms with van der Waals surface area (Å²) in [6.07, 6.45) is -11.1. The zero-order chi connectivity index (χ0) is 29.9. The Bertz CT molecular complexity index is 786. The molecule has 0 spiro atoms. The van der Waals surface area contributed by atoms with Crippen LogP contribution in [0.5, 0.6) is 0 Å². The third kappa shape index (κ3) is 6.20. The minimum atomic E-state index is -8.61. The van der Waals surface area contributed by atoms with Crippen LogP contribution in [0.1, 0.15) is 38.5 Å². The van der Waals surface area contributed by atoms with Gasteiger partial charge in [0, 0.05) is 12.5 Å². The van der Waals surface area contributed by atoms with Crippen molar-refractivity contribution in [1.82, 2.24) is 0 Å². The third-order valence-corrected chi connectivity index (χ3v) is 4.83. The minimum Gasteiger partial charge on any atom is -0.463 e. The molecule has 2 nitrogen and oxygen atoms in total. The highest BCUT2D eigenvalue weighted by Gasteiger charge is 2.95. The molecule has 0 aromatic heterocycles. The van der Waals surface area contributed by atoms with Crippen LogP contribution in [0.3, 0.4) is 0 Å². The lowest BCUT2D eigenvalue weighted by molar-refractivity contribution is -0.461. The molecular weight excluding hydrogens is 571 g/mol. The van der Waals surface area contributed by atoms with Crippen LogP contribution in [0.25, 0.3) is 0 Å². The zero-order valence-electron chi connectivity index (χ0n) is 18.0. The van der Waals surface area contributed by atoms with Crippen molar-refractivity contribution in [2.45, 2.75) is 86.2 Å². The molecule has 0 amide bonds. The van der Waals surface area contributed by atoms with Gasteiger partial charge < -0.3 is 4.74 Å². The summed E-state index contributed by atoms with van der Waals surface area (Å²) in [5.41, 5.74) is 0. The summed E-state index contributed by atoms with van der Waals surface area (Å²) in [5.74, 6) is -56.9. The molecule has 0 aliphatic carbocycles. The van der Waals surface area contributed by atoms with Gasteiger partial charge >= 0.3 is 53.6 Å². The summed E-state index contributed by atoms with van der Waals surface area (Å²) in [6, 6.07) is 0. The monoisotopic (exact) mass is 588 g/mol. The number of rotatable bonds is 15. The maximum absolute atomic E-state index is 13.7. The van der Waals surface area contributed by atoms with Gasteiger partial charge in [-0.15, -0.1) is 0 Å². The van der Waals surface area contributed by atoms with E-state index < -0.39 is 72.9 Å². The van der Waals surface area contributed by atoms with E-state index >= 15 is 0 Å². The molecule has 0 aliphatic rings. The molecule has 0 aliphatic heterocycles. The molecule has 0 unspecified atom stereocenters. The molecule has 0 N–H and O–H groups in total. The van der Waals surface area contributed by atoms with Crippen LogP contribution in [-0.2, 0) is 9.53 Å². The Morgan fingerprint density at radius 1 is 0.541 bits per heavy atom. The molecule has 0 heterocycles. The lowest BCUT2D eigenvalue weighted by Gasteiger charge is -2.42. The number of esters is 1. The van der Waals surface area contributed by atoms with E-state index in [4.69, 9.17) is 0 Å². The number of halogens is 17. The van der Waals surface area contributed by atoms with E-state index in [1.54, 1.807) is 0 Å². The van der Waals surface area contributed by atoms with Crippen molar-refractivity contribution in [1.29, 1.82) is 0 Å². The second-order valence-electron chi connectivity index (χ2n) is 7.54. The van der Waals surface area contributed by atoms with E-state index in [-0.39, 0.29) is 25.9 Å². The van der Waals surface area contributed by atoms with Gasteiger partial charge in [-0.2, -0.15) is 74.6 Å². The van der Waals surface area contributed by atoms with E-state index in [0.717, 1.165) is 6.08 Å². The van der Waals surface area contributed by atoms with E-state index in [1.165, 1.54) is 0 Å². The molecule has 0 fully saturated rings. The van der Waals surface area contributed by atoms with Crippen molar-refractivity contribution in [3.05, 3.63) is 12.7 Å². The fraction of sp³-hybridized carbons (Fsp3) is 0.833. The van der Waals surface area contributed by atoms with E-state index in [2.05, 4.69) is 11.3 Å². The van der Waals surface area contributed by atoms with Crippen LogP contribution in [0.15, 0.2) is 12.7 Å². The fourth-order valence-corrected chi connectivity index (χ4v) is 2.56. The summed E-state index contributed by atoms with van der Waals surface area (Å²) in [6.45, 7) is 2.85. The lowest BCUT2D eigenvalue weighted by atomic mass is 9.87. The Labute approximate surface area is 196 Å². The van der Waals surface area contributed by atoms with E-state index in [9.17, 15) is 79.4 Å². The lowest BCUT2D eigenvalue weighted by Crippen LogP contribution is -2.74. The first-order valence-electron chi connectivity index (χ1n) is 9.71. The number of hydrogen-bond donors (Lipinski definition) is 0. The average Bonchev–Trinajstić information content (AvgIpc) is 2.73. The molecule has 220 valence electrons. The molecule has 0 bridgehead atoms. The second kappa shape index (κ2) is 11.0. The van der Waals surface area contributed by atoms with Gasteiger partial charge in [-0.25, -0.2) is 4.79 Å². The molecule has 0 atom stereocenters. The van der Waals surface area contributed by atoms with E-state index in [0.29, 0.717) is 0 Å². The van der Waals surface area contributed by atoms with Crippen LogP contribution in [0.4, 0.5) is 74.6 Å². The van der Waals surface area contributed by atoms with Crippen molar-refractivity contribution in [2.75, 3.05) is 6.61 Å². The van der Waals surface area contributed by atoms with Crippen molar-refractivity contribution in [2.24, 2.45) is 0 Å². The Morgan fingerprint density at radius 3 is 1.30 bits per heavy atom. The van der Waals surface area contributed by atoms with Crippen LogP contribution in [0, 0.1) is 0 Å². The number of hydrogen-bond acceptors (Lipinski definition) is 2. The van der Waals surface area contributed by atoms with Gasteiger partial charge in [0.1, 0.15) is 0 Å². The maximum atomic E-state index is 13.7. The van der Waals surface area contributed by atoms with Gasteiger partial charge in [0.25, 0.3) is 0 Å². The maximum Gasteiger partial charge on any atom is 0.460 e. The number of ether oxygens (including phenoxy) is 1. The topological polar surface area (TPSA) is 26.3 Å². The summed E-state index contributed by atoms with van der Waals surface area (Å²) >= 11 is 0. The molecule has 0 rings (SSSR count). The molecule has 0 saturated heterocycles. The highest BCUT2D eigenvalue weighted by atomic mass is 19.4. The Morgan fingerprint density at radius 2 is 0.892 bits per heavy atom. The Hall–Kier alpha value is -1.98. The van der Waals surface area contributed by atoms with Crippen LogP contribution in [0.2, 0.25) is 0 Å². The molecule has 37 heavy (non-hydrogen) atoms. The molecule has 0 aromatic rings. The summed E-state index contributed by atoms with van der Waals surface area (Å²) in [4.78, 5) is 10.7. The summed E-state index contributed by atoms with van der Waals surface area (Å²) in [7, 11) is 0. The summed E-state index contributed by atoms with van der Waals surface area (Å²) < 4.78 is 228. The zero-order valence-corrected chi connectivity index (χ0v) is 18.0. The average molecular weight is 588 g/mol. The first-order valence-corrected chi connectivity index (χ1v) is 9.71. The highest BCUT2D eigenvalue weighted by Crippen LogP contribution is 2.64. The second-order valence-corrected chi connectivity index (χ2v) is 7.54. The predicted octanol–water partition coefficient (Wildman–Crippen LogP) is 8.07. The van der Waals surface area contributed by atoms with Crippen molar-refractivity contribution in [3.8, 4) is 0 Å². The van der Waals surface area contributed by atoms with Gasteiger partial charge in [0.15, 0.2) is 0 Å². The van der Waals surface area contributed by atoms with Crippen LogP contribution >= 0.6 is 0 Å². The molecule has 0 aromatic carbocycles. The quantitative estimate of drug-likeness (QED) is 0.0838.